The molecule has 2 N–H and O–H groups in total. The summed E-state index contributed by atoms with van der Waals surface area (Å²) >= 11 is 4.65. The van der Waals surface area contributed by atoms with Gasteiger partial charge in [0, 0.05) is 16.7 Å². The SMILES string of the molecule is COc1ccc(CCNC(=O)CSCC(=O)Nc2cccc(Br)c2)cc1. The van der Waals surface area contributed by atoms with Gasteiger partial charge in [0.1, 0.15) is 5.75 Å². The van der Waals surface area contributed by atoms with Crippen LogP contribution >= 0.6 is 27.7 Å². The molecule has 0 unspecified atom stereocenters. The van der Waals surface area contributed by atoms with E-state index in [1.54, 1.807) is 7.11 Å². The van der Waals surface area contributed by atoms with Crippen LogP contribution in [0, 0.1) is 0 Å². The van der Waals surface area contributed by atoms with E-state index < -0.39 is 0 Å². The van der Waals surface area contributed by atoms with E-state index in [0.29, 0.717) is 6.54 Å². The Hall–Kier alpha value is -1.99. The van der Waals surface area contributed by atoms with E-state index in [1.165, 1.54) is 11.8 Å². The molecule has 0 bridgehead atoms. The standard InChI is InChI=1S/C19H21BrN2O3S/c1-25-17-7-5-14(6-8-17)9-10-21-18(23)12-26-13-19(24)22-16-4-2-3-15(20)11-16/h2-8,11H,9-10,12-13H2,1H3,(H,21,23)(H,22,24). The number of anilines is 1. The van der Waals surface area contributed by atoms with Gasteiger partial charge in [0.15, 0.2) is 0 Å². The number of amides is 2. The third-order valence-corrected chi connectivity index (χ3v) is 4.90. The highest BCUT2D eigenvalue weighted by Crippen LogP contribution is 2.16. The second-order valence-electron chi connectivity index (χ2n) is 5.50. The van der Waals surface area contributed by atoms with Crippen LogP contribution in [0.25, 0.3) is 0 Å². The van der Waals surface area contributed by atoms with Crippen LogP contribution in [0.2, 0.25) is 0 Å². The Morgan fingerprint density at radius 2 is 1.81 bits per heavy atom. The number of thioether (sulfide) groups is 1. The molecule has 0 heterocycles. The molecule has 0 aliphatic carbocycles. The lowest BCUT2D eigenvalue weighted by molar-refractivity contribution is -0.118. The maximum absolute atomic E-state index is 11.9. The lowest BCUT2D eigenvalue weighted by Crippen LogP contribution is -2.28. The van der Waals surface area contributed by atoms with Gasteiger partial charge in [0.2, 0.25) is 11.8 Å². The largest absolute Gasteiger partial charge is 0.497 e. The summed E-state index contributed by atoms with van der Waals surface area (Å²) in [5.74, 6) is 1.11. The van der Waals surface area contributed by atoms with Crippen molar-refractivity contribution in [3.63, 3.8) is 0 Å². The van der Waals surface area contributed by atoms with Crippen LogP contribution in [0.4, 0.5) is 5.69 Å². The molecular weight excluding hydrogens is 416 g/mol. The zero-order valence-electron chi connectivity index (χ0n) is 14.5. The molecule has 0 radical (unpaired) electrons. The van der Waals surface area contributed by atoms with E-state index in [1.807, 2.05) is 48.5 Å². The van der Waals surface area contributed by atoms with Gasteiger partial charge in [-0.05, 0) is 42.3 Å². The van der Waals surface area contributed by atoms with Gasteiger partial charge in [-0.2, -0.15) is 0 Å². The number of benzene rings is 2. The molecule has 0 aromatic heterocycles. The summed E-state index contributed by atoms with van der Waals surface area (Å²) in [6.45, 7) is 0.565. The van der Waals surface area contributed by atoms with Crippen LogP contribution in [-0.2, 0) is 16.0 Å². The highest BCUT2D eigenvalue weighted by molar-refractivity contribution is 9.10. The van der Waals surface area contributed by atoms with Gasteiger partial charge in [0.25, 0.3) is 0 Å². The van der Waals surface area contributed by atoms with E-state index in [4.69, 9.17) is 4.74 Å². The van der Waals surface area contributed by atoms with Crippen molar-refractivity contribution in [1.29, 1.82) is 0 Å². The summed E-state index contributed by atoms with van der Waals surface area (Å²) in [7, 11) is 1.63. The van der Waals surface area contributed by atoms with Gasteiger partial charge in [-0.25, -0.2) is 0 Å². The summed E-state index contributed by atoms with van der Waals surface area (Å²) in [5, 5.41) is 5.66. The van der Waals surface area contributed by atoms with Crippen molar-refractivity contribution in [2.24, 2.45) is 0 Å². The van der Waals surface area contributed by atoms with E-state index >= 15 is 0 Å². The minimum absolute atomic E-state index is 0.0706. The first-order valence-corrected chi connectivity index (χ1v) is 10.0. The Morgan fingerprint density at radius 3 is 2.50 bits per heavy atom. The van der Waals surface area contributed by atoms with Gasteiger partial charge in [-0.3, -0.25) is 9.59 Å². The summed E-state index contributed by atoms with van der Waals surface area (Å²) < 4.78 is 6.01. The topological polar surface area (TPSA) is 67.4 Å². The first-order chi connectivity index (χ1) is 12.6. The fourth-order valence-electron chi connectivity index (χ4n) is 2.19. The molecule has 26 heavy (non-hydrogen) atoms. The Labute approximate surface area is 166 Å². The molecule has 2 aromatic carbocycles. The summed E-state index contributed by atoms with van der Waals surface area (Å²) in [6, 6.07) is 15.1. The Kier molecular flexibility index (Phi) is 8.50. The monoisotopic (exact) mass is 436 g/mol. The van der Waals surface area contributed by atoms with Crippen molar-refractivity contribution in [3.05, 3.63) is 58.6 Å². The van der Waals surface area contributed by atoms with Crippen LogP contribution in [0.5, 0.6) is 5.75 Å². The Bertz CT molecular complexity index is 738. The zero-order valence-corrected chi connectivity index (χ0v) is 16.9. The molecule has 7 heteroatoms. The fourth-order valence-corrected chi connectivity index (χ4v) is 3.24. The first kappa shape index (κ1) is 20.3. The van der Waals surface area contributed by atoms with Gasteiger partial charge in [-0.15, -0.1) is 11.8 Å². The third kappa shape index (κ3) is 7.49. The van der Waals surface area contributed by atoms with Gasteiger partial charge < -0.3 is 15.4 Å². The molecule has 0 saturated heterocycles. The molecule has 0 fully saturated rings. The summed E-state index contributed by atoms with van der Waals surface area (Å²) in [5.41, 5.74) is 1.86. The molecule has 0 atom stereocenters. The number of rotatable bonds is 9. The average Bonchev–Trinajstić information content (AvgIpc) is 2.62. The normalized spacial score (nSPS) is 10.2. The van der Waals surface area contributed by atoms with Crippen LogP contribution in [0.1, 0.15) is 5.56 Å². The molecule has 138 valence electrons. The maximum atomic E-state index is 11.9. The van der Waals surface area contributed by atoms with Crippen LogP contribution < -0.4 is 15.4 Å². The molecule has 0 aliphatic rings. The molecule has 0 aliphatic heterocycles. The lowest BCUT2D eigenvalue weighted by atomic mass is 10.1. The number of methoxy groups -OCH3 is 1. The molecule has 2 rings (SSSR count). The molecule has 0 saturated carbocycles. The van der Waals surface area contributed by atoms with Gasteiger partial charge in [-0.1, -0.05) is 34.1 Å². The highest BCUT2D eigenvalue weighted by Gasteiger charge is 2.06. The van der Waals surface area contributed by atoms with Crippen LogP contribution in [0.15, 0.2) is 53.0 Å². The Balaban J connectivity index is 1.60. The number of halogens is 1. The first-order valence-electron chi connectivity index (χ1n) is 8.09. The summed E-state index contributed by atoms with van der Waals surface area (Å²) in [6.07, 6.45) is 0.754. The third-order valence-electron chi connectivity index (χ3n) is 3.47. The number of hydrogen-bond donors (Lipinski definition) is 2. The summed E-state index contributed by atoms with van der Waals surface area (Å²) in [4.78, 5) is 23.7. The molecular formula is C19H21BrN2O3S. The van der Waals surface area contributed by atoms with E-state index in [0.717, 1.165) is 27.9 Å². The highest BCUT2D eigenvalue weighted by atomic mass is 79.9. The lowest BCUT2D eigenvalue weighted by Gasteiger charge is -2.07. The van der Waals surface area contributed by atoms with Crippen molar-refractivity contribution in [3.8, 4) is 5.75 Å². The second kappa shape index (κ2) is 10.9. The zero-order chi connectivity index (χ0) is 18.8. The average molecular weight is 437 g/mol. The smallest absolute Gasteiger partial charge is 0.234 e. The predicted molar refractivity (Wildman–Crippen MR) is 110 cm³/mol. The predicted octanol–water partition coefficient (Wildman–Crippen LogP) is 3.49. The second-order valence-corrected chi connectivity index (χ2v) is 7.40. The van der Waals surface area contributed by atoms with Crippen LogP contribution in [0.3, 0.4) is 0 Å². The van der Waals surface area contributed by atoms with E-state index in [9.17, 15) is 9.59 Å². The maximum Gasteiger partial charge on any atom is 0.234 e. The van der Waals surface area contributed by atoms with Crippen LogP contribution in [-0.4, -0.2) is 37.0 Å². The Morgan fingerprint density at radius 1 is 1.08 bits per heavy atom. The number of carbonyl (C=O) groups excluding carboxylic acids is 2. The minimum atomic E-state index is -0.126. The van der Waals surface area contributed by atoms with Gasteiger partial charge in [0.05, 0.1) is 18.6 Å². The van der Waals surface area contributed by atoms with Crippen molar-refractivity contribution in [2.45, 2.75) is 6.42 Å². The number of hydrogen-bond acceptors (Lipinski definition) is 4. The minimum Gasteiger partial charge on any atom is -0.497 e. The molecule has 2 amide bonds. The number of carbonyl (C=O) groups is 2. The van der Waals surface area contributed by atoms with Crippen molar-refractivity contribution in [1.82, 2.24) is 5.32 Å². The van der Waals surface area contributed by atoms with Crippen molar-refractivity contribution >= 4 is 45.2 Å². The molecule has 5 nitrogen and oxygen atoms in total. The van der Waals surface area contributed by atoms with Gasteiger partial charge >= 0.3 is 0 Å². The fraction of sp³-hybridized carbons (Fsp3) is 0.263. The number of ether oxygens (including phenoxy) is 1. The quantitative estimate of drug-likeness (QED) is 0.631. The van der Waals surface area contributed by atoms with E-state index in [2.05, 4.69) is 26.6 Å². The van der Waals surface area contributed by atoms with E-state index in [-0.39, 0.29) is 23.3 Å². The molecule has 2 aromatic rings. The van der Waals surface area contributed by atoms with Crippen molar-refractivity contribution < 1.29 is 14.3 Å². The molecule has 0 spiro atoms. The van der Waals surface area contributed by atoms with Crippen molar-refractivity contribution in [2.75, 3.05) is 30.5 Å². The number of nitrogens with one attached hydrogen (secondary N) is 2.